The first-order valence-corrected chi connectivity index (χ1v) is 13.7. The first kappa shape index (κ1) is 27.1. The molecule has 204 valence electrons. The summed E-state index contributed by atoms with van der Waals surface area (Å²) < 4.78 is 8.69. The standard InChI is InChI=1S/C32H38N4O3/c1-22-17-36(23(2)20-37)32(38)31-30(27-13-7-8-14-28(27)35(31)4)26-12-6-5-11-25(26)21-39-29(22)19-34(3)18-24-10-9-15-33-16-24/h5-16,22-23,29,37H,17-21H2,1-4H3/t22-,23+,29+/m1/s1. The fourth-order valence-corrected chi connectivity index (χ4v) is 5.70. The van der Waals surface area contributed by atoms with Crippen LogP contribution in [0.1, 0.15) is 35.5 Å². The van der Waals surface area contributed by atoms with Crippen molar-refractivity contribution in [1.82, 2.24) is 19.4 Å². The molecule has 0 bridgehead atoms. The lowest BCUT2D eigenvalue weighted by Crippen LogP contribution is -2.47. The van der Waals surface area contributed by atoms with Crippen molar-refractivity contribution in [2.24, 2.45) is 13.0 Å². The maximum absolute atomic E-state index is 14.4. The smallest absolute Gasteiger partial charge is 0.271 e. The van der Waals surface area contributed by atoms with E-state index in [0.29, 0.717) is 25.4 Å². The van der Waals surface area contributed by atoms with Crippen LogP contribution in [0.15, 0.2) is 73.1 Å². The Morgan fingerprint density at radius 1 is 1.13 bits per heavy atom. The number of aliphatic hydroxyl groups is 1. The quantitative estimate of drug-likeness (QED) is 0.393. The van der Waals surface area contributed by atoms with Crippen molar-refractivity contribution < 1.29 is 14.6 Å². The van der Waals surface area contributed by atoms with Crippen LogP contribution in [0, 0.1) is 5.92 Å². The summed E-state index contributed by atoms with van der Waals surface area (Å²) in [6.07, 6.45) is 3.55. The largest absolute Gasteiger partial charge is 0.394 e. The Kier molecular flexibility index (Phi) is 8.12. The monoisotopic (exact) mass is 526 g/mol. The van der Waals surface area contributed by atoms with Gasteiger partial charge in [0, 0.05) is 61.5 Å². The predicted molar refractivity (Wildman–Crippen MR) is 154 cm³/mol. The number of carbonyl (C=O) groups excluding carboxylic acids is 1. The van der Waals surface area contributed by atoms with Crippen LogP contribution in [-0.4, -0.2) is 69.3 Å². The zero-order valence-electron chi connectivity index (χ0n) is 23.2. The third-order valence-electron chi connectivity index (χ3n) is 7.89. The van der Waals surface area contributed by atoms with Gasteiger partial charge < -0.3 is 19.3 Å². The number of para-hydroxylation sites is 1. The first-order chi connectivity index (χ1) is 18.9. The SMILES string of the molecule is C[C@@H]1CN([C@@H](C)CO)C(=O)c2c(c3ccccc3n2C)-c2ccccc2CO[C@H]1CN(C)Cc1cccnc1. The zero-order chi connectivity index (χ0) is 27.5. The highest BCUT2D eigenvalue weighted by molar-refractivity contribution is 6.10. The van der Waals surface area contributed by atoms with Gasteiger partial charge in [-0.25, -0.2) is 0 Å². The molecule has 0 fully saturated rings. The minimum absolute atomic E-state index is 0.0303. The Morgan fingerprint density at radius 3 is 2.67 bits per heavy atom. The molecule has 5 rings (SSSR count). The number of carbonyl (C=O) groups is 1. The van der Waals surface area contributed by atoms with Crippen molar-refractivity contribution in [2.45, 2.75) is 39.1 Å². The van der Waals surface area contributed by atoms with Crippen LogP contribution in [-0.2, 0) is 24.9 Å². The van der Waals surface area contributed by atoms with E-state index in [1.807, 2.05) is 60.0 Å². The molecule has 0 saturated heterocycles. The number of pyridine rings is 1. The van der Waals surface area contributed by atoms with Crippen LogP contribution >= 0.6 is 0 Å². The van der Waals surface area contributed by atoms with Gasteiger partial charge in [0.2, 0.25) is 0 Å². The molecular formula is C32H38N4O3. The second-order valence-electron chi connectivity index (χ2n) is 10.8. The molecule has 7 nitrogen and oxygen atoms in total. The number of amides is 1. The number of likely N-dealkylation sites (N-methyl/N-ethyl adjacent to an activating group) is 1. The van der Waals surface area contributed by atoms with E-state index >= 15 is 0 Å². The lowest BCUT2D eigenvalue weighted by molar-refractivity contribution is -0.0242. The number of hydrogen-bond acceptors (Lipinski definition) is 5. The Hall–Kier alpha value is -3.52. The van der Waals surface area contributed by atoms with E-state index in [2.05, 4.69) is 54.2 Å². The normalized spacial score (nSPS) is 19.0. The fraction of sp³-hybridized carbons (Fsp3) is 0.375. The summed E-state index contributed by atoms with van der Waals surface area (Å²) in [5.74, 6) is -0.0426. The molecule has 4 aromatic rings. The molecule has 0 spiro atoms. The van der Waals surface area contributed by atoms with Gasteiger partial charge in [-0.2, -0.15) is 0 Å². The zero-order valence-corrected chi connectivity index (χ0v) is 23.2. The highest BCUT2D eigenvalue weighted by Gasteiger charge is 2.33. The summed E-state index contributed by atoms with van der Waals surface area (Å²) in [4.78, 5) is 22.7. The first-order valence-electron chi connectivity index (χ1n) is 13.7. The van der Waals surface area contributed by atoms with Gasteiger partial charge in [-0.05, 0) is 42.8 Å². The molecule has 7 heteroatoms. The van der Waals surface area contributed by atoms with Crippen LogP contribution in [0.4, 0.5) is 0 Å². The van der Waals surface area contributed by atoms with E-state index in [1.54, 1.807) is 6.20 Å². The van der Waals surface area contributed by atoms with Crippen molar-refractivity contribution in [3.63, 3.8) is 0 Å². The topological polar surface area (TPSA) is 70.8 Å². The summed E-state index contributed by atoms with van der Waals surface area (Å²) in [5, 5.41) is 11.2. The van der Waals surface area contributed by atoms with Gasteiger partial charge in [0.05, 0.1) is 25.4 Å². The van der Waals surface area contributed by atoms with Crippen molar-refractivity contribution in [1.29, 1.82) is 0 Å². The molecule has 2 aromatic heterocycles. The molecule has 39 heavy (non-hydrogen) atoms. The summed E-state index contributed by atoms with van der Waals surface area (Å²) in [6.45, 7) is 6.31. The molecule has 2 aromatic carbocycles. The number of fused-ring (bicyclic) bond motifs is 5. The number of nitrogens with zero attached hydrogens (tertiary/aromatic N) is 4. The molecule has 1 aliphatic heterocycles. The molecule has 3 atom stereocenters. The Balaban J connectivity index is 1.58. The van der Waals surface area contributed by atoms with Crippen molar-refractivity contribution in [3.8, 4) is 11.1 Å². The van der Waals surface area contributed by atoms with E-state index in [1.165, 1.54) is 0 Å². The maximum atomic E-state index is 14.4. The molecule has 0 saturated carbocycles. The van der Waals surface area contributed by atoms with Crippen molar-refractivity contribution in [2.75, 3.05) is 26.7 Å². The van der Waals surface area contributed by atoms with Crippen molar-refractivity contribution in [3.05, 3.63) is 89.9 Å². The molecule has 1 aliphatic rings. The summed E-state index contributed by atoms with van der Waals surface area (Å²) >= 11 is 0. The lowest BCUT2D eigenvalue weighted by Gasteiger charge is -2.35. The Bertz CT molecular complexity index is 1430. The lowest BCUT2D eigenvalue weighted by atomic mass is 9.96. The average Bonchev–Trinajstić information content (AvgIpc) is 3.24. The summed E-state index contributed by atoms with van der Waals surface area (Å²) in [5.41, 5.74) is 5.77. The number of aliphatic hydroxyl groups excluding tert-OH is 1. The molecule has 0 aliphatic carbocycles. The van der Waals surface area contributed by atoms with Gasteiger partial charge in [-0.3, -0.25) is 14.7 Å². The van der Waals surface area contributed by atoms with Crippen LogP contribution in [0.25, 0.3) is 22.0 Å². The van der Waals surface area contributed by atoms with E-state index < -0.39 is 0 Å². The predicted octanol–water partition coefficient (Wildman–Crippen LogP) is 4.73. The fourth-order valence-electron chi connectivity index (χ4n) is 5.70. The Morgan fingerprint density at radius 2 is 1.90 bits per heavy atom. The number of aromatic nitrogens is 2. The van der Waals surface area contributed by atoms with E-state index in [0.717, 1.165) is 39.7 Å². The minimum atomic E-state index is -0.337. The molecule has 1 N–H and O–H groups in total. The molecular weight excluding hydrogens is 488 g/mol. The van der Waals surface area contributed by atoms with E-state index in [9.17, 15) is 9.90 Å². The highest BCUT2D eigenvalue weighted by Crippen LogP contribution is 2.38. The third-order valence-corrected chi connectivity index (χ3v) is 7.89. The number of rotatable bonds is 6. The Labute approximate surface area is 230 Å². The third kappa shape index (κ3) is 5.48. The van der Waals surface area contributed by atoms with Crippen LogP contribution in [0.2, 0.25) is 0 Å². The van der Waals surface area contributed by atoms with E-state index in [-0.39, 0.29) is 30.6 Å². The van der Waals surface area contributed by atoms with Crippen molar-refractivity contribution >= 4 is 16.8 Å². The second-order valence-corrected chi connectivity index (χ2v) is 10.8. The van der Waals surface area contributed by atoms with Gasteiger partial charge in [0.25, 0.3) is 5.91 Å². The number of aryl methyl sites for hydroxylation is 1. The second kappa shape index (κ2) is 11.7. The van der Waals surface area contributed by atoms with Crippen LogP contribution in [0.3, 0.4) is 0 Å². The highest BCUT2D eigenvalue weighted by atomic mass is 16.5. The average molecular weight is 527 g/mol. The molecule has 0 radical (unpaired) electrons. The van der Waals surface area contributed by atoms with Gasteiger partial charge in [0.15, 0.2) is 0 Å². The summed E-state index contributed by atoms with van der Waals surface area (Å²) in [7, 11) is 4.04. The maximum Gasteiger partial charge on any atom is 0.271 e. The molecule has 1 amide bonds. The molecule has 0 unspecified atom stereocenters. The number of ether oxygens (including phenoxy) is 1. The van der Waals surface area contributed by atoms with E-state index in [4.69, 9.17) is 4.74 Å². The number of hydrogen-bond donors (Lipinski definition) is 1. The van der Waals surface area contributed by atoms with Crippen LogP contribution < -0.4 is 0 Å². The summed E-state index contributed by atoms with van der Waals surface area (Å²) in [6, 6.07) is 20.1. The van der Waals surface area contributed by atoms with Gasteiger partial charge >= 0.3 is 0 Å². The molecule has 3 heterocycles. The minimum Gasteiger partial charge on any atom is -0.394 e. The van der Waals surface area contributed by atoms with Crippen LogP contribution in [0.5, 0.6) is 0 Å². The van der Waals surface area contributed by atoms with Gasteiger partial charge in [-0.15, -0.1) is 0 Å². The number of benzene rings is 2. The van der Waals surface area contributed by atoms with Gasteiger partial charge in [0.1, 0.15) is 5.69 Å². The van der Waals surface area contributed by atoms with Gasteiger partial charge in [-0.1, -0.05) is 55.5 Å².